The SMILES string of the molecule is Cc1cc(C(=O)N(C)Cc2cc(C(=O)O)c(C)o2)c(C)o1. The van der Waals surface area contributed by atoms with E-state index in [2.05, 4.69) is 0 Å². The summed E-state index contributed by atoms with van der Waals surface area (Å²) >= 11 is 0. The first-order valence-corrected chi connectivity index (χ1v) is 6.44. The van der Waals surface area contributed by atoms with Crippen molar-refractivity contribution in [1.82, 2.24) is 4.90 Å². The van der Waals surface area contributed by atoms with E-state index in [0.717, 1.165) is 0 Å². The highest BCUT2D eigenvalue weighted by molar-refractivity contribution is 5.95. The summed E-state index contributed by atoms with van der Waals surface area (Å²) in [4.78, 5) is 24.7. The number of hydrogen-bond donors (Lipinski definition) is 1. The van der Waals surface area contributed by atoms with Crippen molar-refractivity contribution in [2.24, 2.45) is 0 Å². The van der Waals surface area contributed by atoms with Gasteiger partial charge in [-0.15, -0.1) is 0 Å². The van der Waals surface area contributed by atoms with Crippen LogP contribution in [0, 0.1) is 20.8 Å². The minimum absolute atomic E-state index is 0.112. The van der Waals surface area contributed by atoms with Crippen molar-refractivity contribution >= 4 is 11.9 Å². The zero-order valence-corrected chi connectivity index (χ0v) is 12.4. The van der Waals surface area contributed by atoms with E-state index in [4.69, 9.17) is 13.9 Å². The summed E-state index contributed by atoms with van der Waals surface area (Å²) in [6.07, 6.45) is 0. The zero-order chi connectivity index (χ0) is 15.7. The van der Waals surface area contributed by atoms with Crippen LogP contribution in [0.25, 0.3) is 0 Å². The van der Waals surface area contributed by atoms with Crippen LogP contribution in [0.5, 0.6) is 0 Å². The number of carbonyl (C=O) groups is 2. The first-order valence-electron chi connectivity index (χ1n) is 6.44. The van der Waals surface area contributed by atoms with Crippen LogP contribution in [-0.4, -0.2) is 28.9 Å². The predicted octanol–water partition coefficient (Wildman–Crippen LogP) is 2.77. The van der Waals surface area contributed by atoms with Gasteiger partial charge in [-0.3, -0.25) is 4.79 Å². The zero-order valence-electron chi connectivity index (χ0n) is 12.4. The van der Waals surface area contributed by atoms with Crippen LogP contribution in [0.15, 0.2) is 21.0 Å². The van der Waals surface area contributed by atoms with Crippen LogP contribution < -0.4 is 0 Å². The standard InChI is InChI=1S/C15H17NO5/c1-8-5-12(9(2)20-8)14(17)16(4)7-11-6-13(15(18)19)10(3)21-11/h5-6H,7H2,1-4H3,(H,18,19). The van der Waals surface area contributed by atoms with E-state index in [1.54, 1.807) is 33.9 Å². The molecule has 0 aliphatic heterocycles. The molecule has 0 aliphatic rings. The van der Waals surface area contributed by atoms with Crippen LogP contribution in [-0.2, 0) is 6.54 Å². The second-order valence-electron chi connectivity index (χ2n) is 4.98. The first-order chi connectivity index (χ1) is 9.79. The van der Waals surface area contributed by atoms with Crippen LogP contribution in [0.3, 0.4) is 0 Å². The molecule has 0 bridgehead atoms. The molecular formula is C15H17NO5. The minimum Gasteiger partial charge on any atom is -0.478 e. The van der Waals surface area contributed by atoms with Gasteiger partial charge in [-0.25, -0.2) is 4.79 Å². The largest absolute Gasteiger partial charge is 0.478 e. The molecule has 0 radical (unpaired) electrons. The lowest BCUT2D eigenvalue weighted by Crippen LogP contribution is -2.26. The summed E-state index contributed by atoms with van der Waals surface area (Å²) in [6, 6.07) is 3.12. The molecule has 112 valence electrons. The van der Waals surface area contributed by atoms with E-state index in [9.17, 15) is 9.59 Å². The van der Waals surface area contributed by atoms with E-state index in [0.29, 0.717) is 28.6 Å². The van der Waals surface area contributed by atoms with Crippen molar-refractivity contribution in [1.29, 1.82) is 0 Å². The van der Waals surface area contributed by atoms with E-state index in [1.165, 1.54) is 11.0 Å². The Bertz CT molecular complexity index is 695. The summed E-state index contributed by atoms with van der Waals surface area (Å²) < 4.78 is 10.7. The maximum atomic E-state index is 12.3. The smallest absolute Gasteiger partial charge is 0.339 e. The molecular weight excluding hydrogens is 274 g/mol. The van der Waals surface area contributed by atoms with Crippen molar-refractivity contribution in [3.05, 3.63) is 46.3 Å². The van der Waals surface area contributed by atoms with Gasteiger partial charge in [-0.05, 0) is 32.9 Å². The lowest BCUT2D eigenvalue weighted by molar-refractivity contribution is 0.0694. The molecule has 0 unspecified atom stereocenters. The number of nitrogens with zero attached hydrogens (tertiary/aromatic N) is 1. The van der Waals surface area contributed by atoms with Gasteiger partial charge in [0.15, 0.2) is 0 Å². The molecule has 2 heterocycles. The molecule has 2 aromatic rings. The third-order valence-electron chi connectivity index (χ3n) is 3.21. The first kappa shape index (κ1) is 14.9. The molecule has 0 aromatic carbocycles. The van der Waals surface area contributed by atoms with Gasteiger partial charge in [-0.2, -0.15) is 0 Å². The molecule has 2 aromatic heterocycles. The third kappa shape index (κ3) is 2.99. The highest BCUT2D eigenvalue weighted by atomic mass is 16.4. The Labute approximate surface area is 122 Å². The number of aryl methyl sites for hydroxylation is 3. The molecule has 0 fully saturated rings. The quantitative estimate of drug-likeness (QED) is 0.936. The summed E-state index contributed by atoms with van der Waals surface area (Å²) in [7, 11) is 1.63. The summed E-state index contributed by atoms with van der Waals surface area (Å²) in [6.45, 7) is 5.28. The van der Waals surface area contributed by atoms with Crippen LogP contribution in [0.2, 0.25) is 0 Å². The van der Waals surface area contributed by atoms with Crippen molar-refractivity contribution in [2.45, 2.75) is 27.3 Å². The van der Waals surface area contributed by atoms with Crippen molar-refractivity contribution in [2.75, 3.05) is 7.05 Å². The molecule has 0 saturated carbocycles. The van der Waals surface area contributed by atoms with Crippen LogP contribution in [0.4, 0.5) is 0 Å². The van der Waals surface area contributed by atoms with E-state index >= 15 is 0 Å². The Morgan fingerprint density at radius 1 is 1.10 bits per heavy atom. The average molecular weight is 291 g/mol. The van der Waals surface area contributed by atoms with E-state index in [1.807, 2.05) is 0 Å². The minimum atomic E-state index is -1.04. The summed E-state index contributed by atoms with van der Waals surface area (Å²) in [5.74, 6) is 0.748. The number of rotatable bonds is 4. The van der Waals surface area contributed by atoms with Gasteiger partial charge in [0, 0.05) is 7.05 Å². The van der Waals surface area contributed by atoms with Crippen molar-refractivity contribution in [3.63, 3.8) is 0 Å². The average Bonchev–Trinajstić information content (AvgIpc) is 2.91. The Balaban J connectivity index is 2.16. The predicted molar refractivity (Wildman–Crippen MR) is 74.4 cm³/mol. The normalized spacial score (nSPS) is 10.7. The molecule has 0 saturated heterocycles. The number of carbonyl (C=O) groups excluding carboxylic acids is 1. The Morgan fingerprint density at radius 2 is 1.71 bits per heavy atom. The van der Waals surface area contributed by atoms with Crippen LogP contribution in [0.1, 0.15) is 43.8 Å². The highest BCUT2D eigenvalue weighted by Gasteiger charge is 2.20. The third-order valence-corrected chi connectivity index (χ3v) is 3.21. The number of furan rings is 2. The maximum Gasteiger partial charge on any atom is 0.339 e. The number of carboxylic acids is 1. The number of amides is 1. The van der Waals surface area contributed by atoms with Gasteiger partial charge in [0.1, 0.15) is 28.6 Å². The molecule has 0 aliphatic carbocycles. The Morgan fingerprint density at radius 3 is 2.19 bits per heavy atom. The van der Waals surface area contributed by atoms with Crippen molar-refractivity contribution in [3.8, 4) is 0 Å². The second-order valence-corrected chi connectivity index (χ2v) is 4.98. The summed E-state index contributed by atoms with van der Waals surface area (Å²) in [5, 5.41) is 8.99. The topological polar surface area (TPSA) is 83.9 Å². The fourth-order valence-electron chi connectivity index (χ4n) is 2.19. The van der Waals surface area contributed by atoms with Gasteiger partial charge < -0.3 is 18.8 Å². The lowest BCUT2D eigenvalue weighted by Gasteiger charge is -2.14. The molecule has 1 N–H and O–H groups in total. The fraction of sp³-hybridized carbons (Fsp3) is 0.333. The van der Waals surface area contributed by atoms with Gasteiger partial charge >= 0.3 is 5.97 Å². The molecule has 6 heteroatoms. The van der Waals surface area contributed by atoms with Gasteiger partial charge in [0.05, 0.1) is 12.1 Å². The number of carboxylic acid groups (broad SMARTS) is 1. The highest BCUT2D eigenvalue weighted by Crippen LogP contribution is 2.19. The molecule has 1 amide bonds. The van der Waals surface area contributed by atoms with Crippen molar-refractivity contribution < 1.29 is 23.5 Å². The Kier molecular flexibility index (Phi) is 3.88. The van der Waals surface area contributed by atoms with Crippen LogP contribution >= 0.6 is 0 Å². The summed E-state index contributed by atoms with van der Waals surface area (Å²) in [5.41, 5.74) is 0.609. The molecule has 0 spiro atoms. The molecule has 21 heavy (non-hydrogen) atoms. The number of hydrogen-bond acceptors (Lipinski definition) is 4. The molecule has 0 atom stereocenters. The number of aromatic carboxylic acids is 1. The maximum absolute atomic E-state index is 12.3. The monoisotopic (exact) mass is 291 g/mol. The van der Waals surface area contributed by atoms with E-state index in [-0.39, 0.29) is 18.0 Å². The van der Waals surface area contributed by atoms with Gasteiger partial charge in [0.2, 0.25) is 0 Å². The molecule has 6 nitrogen and oxygen atoms in total. The Hall–Kier alpha value is -2.50. The fourth-order valence-corrected chi connectivity index (χ4v) is 2.19. The molecule has 2 rings (SSSR count). The van der Waals surface area contributed by atoms with Gasteiger partial charge in [-0.1, -0.05) is 0 Å². The lowest BCUT2D eigenvalue weighted by atomic mass is 10.2. The van der Waals surface area contributed by atoms with Gasteiger partial charge in [0.25, 0.3) is 5.91 Å². The second kappa shape index (κ2) is 5.47. The van der Waals surface area contributed by atoms with E-state index < -0.39 is 5.97 Å².